The summed E-state index contributed by atoms with van der Waals surface area (Å²) >= 11 is 0. The van der Waals surface area contributed by atoms with Crippen molar-refractivity contribution in [2.75, 3.05) is 11.4 Å². The monoisotopic (exact) mass is 349 g/mol. The molecule has 1 heteroatoms. The Morgan fingerprint density at radius 3 is 1.30 bits per heavy atom. The smallest absolute Gasteiger partial charge is 0.0416 e. The normalized spacial score (nSPS) is 10.6. The molecule has 0 aliphatic heterocycles. The molecular formula is C26H23N. The van der Waals surface area contributed by atoms with Crippen LogP contribution >= 0.6 is 0 Å². The van der Waals surface area contributed by atoms with E-state index in [1.807, 2.05) is 0 Å². The number of hydrogen-bond acceptors (Lipinski definition) is 1. The van der Waals surface area contributed by atoms with Crippen LogP contribution in [0.1, 0.15) is 6.92 Å². The zero-order valence-electron chi connectivity index (χ0n) is 15.5. The van der Waals surface area contributed by atoms with Gasteiger partial charge in [-0.25, -0.2) is 0 Å². The fraction of sp³-hybridized carbons (Fsp3) is 0.0769. The average molecular weight is 349 g/mol. The topological polar surface area (TPSA) is 3.24 Å². The first kappa shape index (κ1) is 17.1. The molecule has 0 saturated carbocycles. The summed E-state index contributed by atoms with van der Waals surface area (Å²) in [6.07, 6.45) is 0. The Kier molecular flexibility index (Phi) is 5.02. The number of anilines is 2. The summed E-state index contributed by atoms with van der Waals surface area (Å²) in [4.78, 5) is 2.36. The molecule has 0 spiro atoms. The van der Waals surface area contributed by atoms with Crippen LogP contribution < -0.4 is 4.90 Å². The molecule has 27 heavy (non-hydrogen) atoms. The highest BCUT2D eigenvalue weighted by atomic mass is 15.1. The standard InChI is InChI=1S/C26H23N/c1-2-27(25-17-9-15-23(19-25)21-11-5-3-6-12-21)26-18-10-16-24(20-26)22-13-7-4-8-14-22/h3-20H,2H2,1H3. The van der Waals surface area contributed by atoms with Gasteiger partial charge in [-0.1, -0.05) is 84.9 Å². The van der Waals surface area contributed by atoms with Crippen molar-refractivity contribution in [1.82, 2.24) is 0 Å². The van der Waals surface area contributed by atoms with Gasteiger partial charge >= 0.3 is 0 Å². The van der Waals surface area contributed by atoms with E-state index in [1.165, 1.54) is 33.6 Å². The van der Waals surface area contributed by atoms with E-state index in [9.17, 15) is 0 Å². The number of benzene rings is 4. The van der Waals surface area contributed by atoms with E-state index in [-0.39, 0.29) is 0 Å². The van der Waals surface area contributed by atoms with Crippen molar-refractivity contribution < 1.29 is 0 Å². The number of nitrogens with zero attached hydrogens (tertiary/aromatic N) is 1. The third kappa shape index (κ3) is 3.78. The number of rotatable bonds is 5. The number of hydrogen-bond donors (Lipinski definition) is 0. The molecule has 0 aliphatic rings. The summed E-state index contributed by atoms with van der Waals surface area (Å²) in [5, 5.41) is 0. The predicted molar refractivity (Wildman–Crippen MR) is 116 cm³/mol. The molecule has 4 rings (SSSR count). The molecule has 0 radical (unpaired) electrons. The van der Waals surface area contributed by atoms with Gasteiger partial charge in [-0.15, -0.1) is 0 Å². The highest BCUT2D eigenvalue weighted by Crippen LogP contribution is 2.32. The van der Waals surface area contributed by atoms with Crippen LogP contribution in [-0.4, -0.2) is 6.54 Å². The van der Waals surface area contributed by atoms with Gasteiger partial charge in [-0.2, -0.15) is 0 Å². The van der Waals surface area contributed by atoms with Crippen molar-refractivity contribution in [3.63, 3.8) is 0 Å². The summed E-state index contributed by atoms with van der Waals surface area (Å²) in [7, 11) is 0. The first-order valence-electron chi connectivity index (χ1n) is 9.43. The van der Waals surface area contributed by atoms with Crippen LogP contribution in [0.4, 0.5) is 11.4 Å². The lowest BCUT2D eigenvalue weighted by Crippen LogP contribution is -2.15. The minimum absolute atomic E-state index is 0.913. The van der Waals surface area contributed by atoms with Crippen LogP contribution in [0.15, 0.2) is 109 Å². The van der Waals surface area contributed by atoms with E-state index in [2.05, 4.69) is 121 Å². The zero-order chi connectivity index (χ0) is 18.5. The second-order valence-electron chi connectivity index (χ2n) is 6.58. The van der Waals surface area contributed by atoms with Crippen LogP contribution in [0.3, 0.4) is 0 Å². The third-order valence-corrected chi connectivity index (χ3v) is 4.85. The van der Waals surface area contributed by atoms with Gasteiger partial charge in [0.15, 0.2) is 0 Å². The average Bonchev–Trinajstić information content (AvgIpc) is 2.76. The van der Waals surface area contributed by atoms with Crippen LogP contribution in [0.25, 0.3) is 22.3 Å². The molecule has 0 unspecified atom stereocenters. The Morgan fingerprint density at radius 2 is 0.889 bits per heavy atom. The largest absolute Gasteiger partial charge is 0.342 e. The second-order valence-corrected chi connectivity index (χ2v) is 6.58. The Balaban J connectivity index is 1.71. The van der Waals surface area contributed by atoms with E-state index in [4.69, 9.17) is 0 Å². The van der Waals surface area contributed by atoms with Crippen LogP contribution in [0.5, 0.6) is 0 Å². The van der Waals surface area contributed by atoms with Gasteiger partial charge in [0.05, 0.1) is 0 Å². The van der Waals surface area contributed by atoms with E-state index in [0.29, 0.717) is 0 Å². The van der Waals surface area contributed by atoms with Crippen molar-refractivity contribution in [1.29, 1.82) is 0 Å². The maximum absolute atomic E-state index is 2.36. The molecule has 4 aromatic carbocycles. The summed E-state index contributed by atoms with van der Waals surface area (Å²) in [5.74, 6) is 0. The molecule has 0 aliphatic carbocycles. The second kappa shape index (κ2) is 7.92. The molecule has 4 aromatic rings. The van der Waals surface area contributed by atoms with E-state index in [1.54, 1.807) is 0 Å². The lowest BCUT2D eigenvalue weighted by Gasteiger charge is -2.24. The molecule has 0 atom stereocenters. The molecule has 0 saturated heterocycles. The highest BCUT2D eigenvalue weighted by molar-refractivity contribution is 5.75. The van der Waals surface area contributed by atoms with Crippen molar-refractivity contribution >= 4 is 11.4 Å². The first-order valence-corrected chi connectivity index (χ1v) is 9.43. The minimum Gasteiger partial charge on any atom is -0.342 e. The Hall–Kier alpha value is -3.32. The Bertz CT molecular complexity index is 923. The zero-order valence-corrected chi connectivity index (χ0v) is 15.5. The van der Waals surface area contributed by atoms with Crippen LogP contribution in [0.2, 0.25) is 0 Å². The molecular weight excluding hydrogens is 326 g/mol. The van der Waals surface area contributed by atoms with Crippen molar-refractivity contribution in [3.8, 4) is 22.3 Å². The fourth-order valence-corrected chi connectivity index (χ4v) is 3.48. The lowest BCUT2D eigenvalue weighted by molar-refractivity contribution is 1.02. The summed E-state index contributed by atoms with van der Waals surface area (Å²) < 4.78 is 0. The van der Waals surface area contributed by atoms with Gasteiger partial charge in [-0.3, -0.25) is 0 Å². The third-order valence-electron chi connectivity index (χ3n) is 4.85. The SMILES string of the molecule is CCN(c1cccc(-c2ccccc2)c1)c1cccc(-c2ccccc2)c1. The maximum atomic E-state index is 2.36. The van der Waals surface area contributed by atoms with E-state index in [0.717, 1.165) is 6.54 Å². The Morgan fingerprint density at radius 1 is 0.481 bits per heavy atom. The molecule has 0 heterocycles. The minimum atomic E-state index is 0.913. The van der Waals surface area contributed by atoms with Crippen LogP contribution in [-0.2, 0) is 0 Å². The van der Waals surface area contributed by atoms with Gasteiger partial charge in [0.1, 0.15) is 0 Å². The highest BCUT2D eigenvalue weighted by Gasteiger charge is 2.10. The summed E-state index contributed by atoms with van der Waals surface area (Å²) in [6.45, 7) is 3.11. The lowest BCUT2D eigenvalue weighted by atomic mass is 10.0. The van der Waals surface area contributed by atoms with Gasteiger partial charge in [0, 0.05) is 17.9 Å². The van der Waals surface area contributed by atoms with Gasteiger partial charge in [-0.05, 0) is 53.4 Å². The molecule has 1 nitrogen and oxygen atoms in total. The van der Waals surface area contributed by atoms with Crippen LogP contribution in [0, 0.1) is 0 Å². The molecule has 0 aromatic heterocycles. The fourth-order valence-electron chi connectivity index (χ4n) is 3.48. The van der Waals surface area contributed by atoms with E-state index >= 15 is 0 Å². The van der Waals surface area contributed by atoms with Gasteiger partial charge < -0.3 is 4.90 Å². The molecule has 0 fully saturated rings. The maximum Gasteiger partial charge on any atom is 0.0416 e. The molecule has 0 N–H and O–H groups in total. The van der Waals surface area contributed by atoms with Gasteiger partial charge in [0.25, 0.3) is 0 Å². The summed E-state index contributed by atoms with van der Waals surface area (Å²) in [5.41, 5.74) is 7.39. The van der Waals surface area contributed by atoms with Crippen molar-refractivity contribution in [2.24, 2.45) is 0 Å². The molecule has 0 bridgehead atoms. The molecule has 0 amide bonds. The van der Waals surface area contributed by atoms with Crippen molar-refractivity contribution in [3.05, 3.63) is 109 Å². The molecule has 132 valence electrons. The van der Waals surface area contributed by atoms with E-state index < -0.39 is 0 Å². The van der Waals surface area contributed by atoms with Gasteiger partial charge in [0.2, 0.25) is 0 Å². The summed E-state index contributed by atoms with van der Waals surface area (Å²) in [6, 6.07) is 38.6. The first-order chi connectivity index (χ1) is 13.3. The van der Waals surface area contributed by atoms with Crippen molar-refractivity contribution in [2.45, 2.75) is 6.92 Å². The quantitative estimate of drug-likeness (QED) is 0.369. The Labute approximate surface area is 161 Å². The predicted octanol–water partition coefficient (Wildman–Crippen LogP) is 7.18.